The van der Waals surface area contributed by atoms with Gasteiger partial charge in [0.05, 0.1) is 32.4 Å². The number of benzene rings is 3. The molecule has 8 rings (SSSR count). The third-order valence-electron chi connectivity index (χ3n) is 9.87. The largest absolute Gasteiger partial charge is 0.489 e. The summed E-state index contributed by atoms with van der Waals surface area (Å²) in [5, 5.41) is 24.2. The van der Waals surface area contributed by atoms with E-state index in [1.807, 2.05) is 6.07 Å². The molecule has 7 atom stereocenters. The third kappa shape index (κ3) is 4.68. The van der Waals surface area contributed by atoms with Crippen molar-refractivity contribution in [1.82, 2.24) is 4.98 Å². The van der Waals surface area contributed by atoms with Crippen LogP contribution in [0.15, 0.2) is 76.6 Å². The lowest BCUT2D eigenvalue weighted by Crippen LogP contribution is -2.42. The van der Waals surface area contributed by atoms with Crippen LogP contribution in [-0.4, -0.2) is 31.9 Å². The van der Waals surface area contributed by atoms with Crippen molar-refractivity contribution in [2.45, 2.75) is 29.2 Å². The number of anilines is 1. The fourth-order valence-corrected chi connectivity index (χ4v) is 11.2. The third-order valence-corrected chi connectivity index (χ3v) is 12.7. The van der Waals surface area contributed by atoms with E-state index in [0.29, 0.717) is 27.8 Å². The molecular weight excluding hydrogens is 668 g/mol. The molecule has 3 heterocycles. The molecule has 0 unspecified atom stereocenters. The first-order valence-corrected chi connectivity index (χ1v) is 16.9. The number of amides is 2. The molecule has 2 saturated carbocycles. The summed E-state index contributed by atoms with van der Waals surface area (Å²) in [6, 6.07) is 17.0. The number of thiazole rings is 1. The number of non-ortho nitro benzene ring substituents is 2. The maximum absolute atomic E-state index is 14.1. The molecule has 4 aromatic rings. The van der Waals surface area contributed by atoms with Crippen LogP contribution in [0.5, 0.6) is 5.75 Å². The number of carbonyl (C=O) groups is 2. The van der Waals surface area contributed by atoms with Gasteiger partial charge in [-0.25, -0.2) is 0 Å². The number of imide groups is 1. The molecule has 3 aromatic carbocycles. The van der Waals surface area contributed by atoms with Gasteiger partial charge in [-0.15, -0.1) is 11.8 Å². The molecule has 2 bridgehead atoms. The molecule has 1 aromatic heterocycles. The molecule has 1 N–H and O–H groups in total. The first-order valence-electron chi connectivity index (χ1n) is 14.8. The molecule has 0 spiro atoms. The van der Waals surface area contributed by atoms with E-state index in [0.717, 1.165) is 26.7 Å². The summed E-state index contributed by atoms with van der Waals surface area (Å²) in [5.74, 6) is -2.65. The minimum absolute atomic E-state index is 0.133. The summed E-state index contributed by atoms with van der Waals surface area (Å²) in [7, 11) is 0. The van der Waals surface area contributed by atoms with Gasteiger partial charge in [0, 0.05) is 50.9 Å². The predicted molar refractivity (Wildman–Crippen MR) is 173 cm³/mol. The fraction of sp³-hybridized carbons (Fsp3) is 0.281. The van der Waals surface area contributed by atoms with Crippen LogP contribution in [-0.2, 0) is 16.2 Å². The molecule has 2 aliphatic heterocycles. The highest BCUT2D eigenvalue weighted by Gasteiger charge is 2.70. The van der Waals surface area contributed by atoms with Gasteiger partial charge in [0.25, 0.3) is 11.4 Å². The summed E-state index contributed by atoms with van der Waals surface area (Å²) in [5.41, 5.74) is 1.34. The Bertz CT molecular complexity index is 2070. The molecular formula is C32H23ClN4O8S2. The zero-order valence-corrected chi connectivity index (χ0v) is 26.5. The molecule has 0 radical (unpaired) electrons. The fourth-order valence-electron chi connectivity index (χ4n) is 8.15. The Morgan fingerprint density at radius 3 is 2.32 bits per heavy atom. The van der Waals surface area contributed by atoms with E-state index in [-0.39, 0.29) is 63.4 Å². The van der Waals surface area contributed by atoms with Gasteiger partial charge >= 0.3 is 4.87 Å². The van der Waals surface area contributed by atoms with E-state index < -0.39 is 27.6 Å². The maximum Gasteiger partial charge on any atom is 0.305 e. The second-order valence-corrected chi connectivity index (χ2v) is 14.8. The zero-order chi connectivity index (χ0) is 32.7. The number of rotatable bonds is 7. The molecule has 3 fully saturated rings. The second-order valence-electron chi connectivity index (χ2n) is 12.1. The molecule has 15 heteroatoms. The Labute approximate surface area is 279 Å². The summed E-state index contributed by atoms with van der Waals surface area (Å²) in [6.07, 6.45) is 0.618. The van der Waals surface area contributed by atoms with E-state index in [4.69, 9.17) is 16.3 Å². The number of H-pyrrole nitrogens is 1. The number of fused-ring (bicyclic) bond motifs is 9. The summed E-state index contributed by atoms with van der Waals surface area (Å²) in [6.45, 7) is 0.144. The van der Waals surface area contributed by atoms with Crippen LogP contribution in [0.2, 0.25) is 5.02 Å². The summed E-state index contributed by atoms with van der Waals surface area (Å²) in [4.78, 5) is 67.4. The van der Waals surface area contributed by atoms with Crippen molar-refractivity contribution in [3.8, 4) is 5.75 Å². The van der Waals surface area contributed by atoms with Crippen molar-refractivity contribution < 1.29 is 24.2 Å². The van der Waals surface area contributed by atoms with E-state index in [2.05, 4.69) is 4.98 Å². The number of hydrogen-bond donors (Lipinski definition) is 1. The predicted octanol–water partition coefficient (Wildman–Crippen LogP) is 6.16. The van der Waals surface area contributed by atoms with Gasteiger partial charge in [-0.05, 0) is 60.1 Å². The minimum Gasteiger partial charge on any atom is -0.489 e. The number of halogens is 1. The first-order chi connectivity index (χ1) is 22.6. The highest BCUT2D eigenvalue weighted by molar-refractivity contribution is 8.00. The number of nitrogens with one attached hydrogen (secondary N) is 1. The lowest BCUT2D eigenvalue weighted by molar-refractivity contribution is -0.385. The monoisotopic (exact) mass is 690 g/mol. The Balaban J connectivity index is 1.20. The highest BCUT2D eigenvalue weighted by Crippen LogP contribution is 2.69. The Morgan fingerprint density at radius 2 is 1.62 bits per heavy atom. The number of nitro benzene ring substituents is 2. The van der Waals surface area contributed by atoms with Crippen molar-refractivity contribution in [3.05, 3.63) is 118 Å². The number of ether oxygens (including phenoxy) is 1. The van der Waals surface area contributed by atoms with Crippen LogP contribution in [0.25, 0.3) is 0 Å². The normalized spacial score (nSPS) is 27.0. The topological polar surface area (TPSA) is 166 Å². The van der Waals surface area contributed by atoms with Crippen LogP contribution in [0.3, 0.4) is 0 Å². The lowest BCUT2D eigenvalue weighted by atomic mass is 9.68. The molecule has 2 amide bonds. The number of aromatic nitrogens is 1. The summed E-state index contributed by atoms with van der Waals surface area (Å²) < 4.78 is 6.29. The number of nitro groups is 2. The smallest absolute Gasteiger partial charge is 0.305 e. The molecule has 1 saturated heterocycles. The zero-order valence-electron chi connectivity index (χ0n) is 24.1. The molecule has 12 nitrogen and oxygen atoms in total. The molecule has 238 valence electrons. The lowest BCUT2D eigenvalue weighted by Gasteiger charge is -2.43. The molecule has 47 heavy (non-hydrogen) atoms. The summed E-state index contributed by atoms with van der Waals surface area (Å²) >= 11 is 8.72. The van der Waals surface area contributed by atoms with Gasteiger partial charge in [-0.3, -0.25) is 39.5 Å². The minimum atomic E-state index is -0.626. The van der Waals surface area contributed by atoms with Crippen molar-refractivity contribution >= 4 is 63.6 Å². The van der Waals surface area contributed by atoms with Crippen molar-refractivity contribution in [3.63, 3.8) is 0 Å². The van der Waals surface area contributed by atoms with Crippen molar-refractivity contribution in [2.75, 3.05) is 4.90 Å². The van der Waals surface area contributed by atoms with Gasteiger partial charge in [0.1, 0.15) is 12.4 Å². The highest BCUT2D eigenvalue weighted by atomic mass is 35.5. The van der Waals surface area contributed by atoms with E-state index >= 15 is 0 Å². The van der Waals surface area contributed by atoms with Gasteiger partial charge in [-0.2, -0.15) is 0 Å². The number of aromatic amines is 1. The van der Waals surface area contributed by atoms with Crippen LogP contribution < -0.4 is 14.5 Å². The van der Waals surface area contributed by atoms with Crippen LogP contribution in [0, 0.1) is 49.8 Å². The standard InChI is InChI=1S/C32H23ClN4O8S2/c33-15-3-1-2-14(10-15)13-45-22-9-8-18(37(43)44)11-19(22)23-24-20-12-21(27(24)46-29-28(23)47-32(40)34-29)26-25(20)30(38)35(31(26)39)16-4-6-17(7-5-16)36(41)42/h1-11,20-21,23-27H,12-13H2,(H,34,40)/t20-,21-,23+,24+,25+,26+,27-/m1/s1. The van der Waals surface area contributed by atoms with Crippen LogP contribution in [0.4, 0.5) is 17.1 Å². The van der Waals surface area contributed by atoms with Crippen molar-refractivity contribution in [2.24, 2.45) is 29.6 Å². The Kier molecular flexibility index (Phi) is 7.00. The van der Waals surface area contributed by atoms with Gasteiger partial charge in [0.15, 0.2) is 0 Å². The number of carbonyl (C=O) groups excluding carboxylic acids is 2. The molecule has 4 aliphatic rings. The van der Waals surface area contributed by atoms with E-state index in [1.165, 1.54) is 48.2 Å². The van der Waals surface area contributed by atoms with Gasteiger partial charge < -0.3 is 9.72 Å². The molecule has 2 aliphatic carbocycles. The van der Waals surface area contributed by atoms with Gasteiger partial charge in [0.2, 0.25) is 11.8 Å². The first kappa shape index (κ1) is 29.8. The van der Waals surface area contributed by atoms with Gasteiger partial charge in [-0.1, -0.05) is 35.1 Å². The number of hydrogen-bond acceptors (Lipinski definition) is 10. The number of nitrogens with zero attached hydrogens (tertiary/aromatic N) is 3. The average Bonchev–Trinajstić information content (AvgIpc) is 3.78. The van der Waals surface area contributed by atoms with E-state index in [9.17, 15) is 34.6 Å². The SMILES string of the molecule is O=C1[C@H]2[C@H]3C[C@@H]([C@@H]2C(=O)N1c1ccc([N+](=O)[O-])cc1)[C@H]1[C@H](c2cc([N+](=O)[O-])ccc2OCc2cccc(Cl)c2)c2sc(=O)[nH]c2S[C@H]31. The Morgan fingerprint density at radius 1 is 0.915 bits per heavy atom. The number of thioether (sulfide) groups is 1. The van der Waals surface area contributed by atoms with Crippen LogP contribution in [0.1, 0.15) is 28.3 Å². The Hall–Kier alpha value is -4.53. The maximum atomic E-state index is 14.1. The second kappa shape index (κ2) is 11.0. The van der Waals surface area contributed by atoms with Crippen LogP contribution >= 0.6 is 34.7 Å². The quantitative estimate of drug-likeness (QED) is 0.136. The average molecular weight is 691 g/mol. The van der Waals surface area contributed by atoms with E-state index in [1.54, 1.807) is 24.3 Å². The van der Waals surface area contributed by atoms with Crippen molar-refractivity contribution in [1.29, 1.82) is 0 Å².